The van der Waals surface area contributed by atoms with E-state index in [1.54, 1.807) is 6.07 Å². The van der Waals surface area contributed by atoms with Crippen molar-refractivity contribution in [2.45, 2.75) is 20.3 Å². The fraction of sp³-hybridized carbons (Fsp3) is 0.533. The van der Waals surface area contributed by atoms with Crippen molar-refractivity contribution in [2.24, 2.45) is 0 Å². The Hall–Kier alpha value is -1.32. The first-order chi connectivity index (χ1) is 10.1. The highest BCUT2D eigenvalue weighted by Crippen LogP contribution is 2.49. The molecule has 0 saturated carbocycles. The molecule has 21 heavy (non-hydrogen) atoms. The van der Waals surface area contributed by atoms with E-state index in [4.69, 9.17) is 9.47 Å². The third kappa shape index (κ3) is 2.49. The minimum Gasteiger partial charge on any atom is -0.454 e. The highest BCUT2D eigenvalue weighted by atomic mass is 31.2. The summed E-state index contributed by atoms with van der Waals surface area (Å²) in [5.74, 6) is 1.34. The lowest BCUT2D eigenvalue weighted by Gasteiger charge is -2.28. The number of hydrogen-bond acceptors (Lipinski definition) is 4. The van der Waals surface area contributed by atoms with Gasteiger partial charge in [0.15, 0.2) is 17.3 Å². The fourth-order valence-electron chi connectivity index (χ4n) is 2.96. The number of hydrogen-bond donors (Lipinski definition) is 0. The van der Waals surface area contributed by atoms with Gasteiger partial charge in [0, 0.05) is 24.4 Å². The molecule has 6 heteroatoms. The van der Waals surface area contributed by atoms with Gasteiger partial charge in [-0.05, 0) is 24.1 Å². The smallest absolute Gasteiger partial charge is 0.231 e. The molecule has 0 aliphatic carbocycles. The predicted octanol–water partition coefficient (Wildman–Crippen LogP) is 2.77. The Morgan fingerprint density at radius 3 is 2.52 bits per heavy atom. The summed E-state index contributed by atoms with van der Waals surface area (Å²) in [4.78, 5) is 12.5. The molecule has 0 fully saturated rings. The first-order valence-electron chi connectivity index (χ1n) is 7.36. The van der Waals surface area contributed by atoms with Crippen molar-refractivity contribution in [3.05, 3.63) is 23.3 Å². The van der Waals surface area contributed by atoms with Gasteiger partial charge in [0.2, 0.25) is 6.79 Å². The number of ether oxygens (including phenoxy) is 2. The van der Waals surface area contributed by atoms with Crippen molar-refractivity contribution >= 4 is 13.1 Å². The van der Waals surface area contributed by atoms with E-state index in [-0.39, 0.29) is 19.1 Å². The van der Waals surface area contributed by atoms with Crippen LogP contribution in [0, 0.1) is 0 Å². The number of carbonyl (C=O) groups excluding carboxylic acids is 1. The van der Waals surface area contributed by atoms with Crippen LogP contribution < -0.4 is 9.47 Å². The average molecular weight is 309 g/mol. The lowest BCUT2D eigenvalue weighted by molar-refractivity contribution is 0.0970. The molecule has 2 heterocycles. The van der Waals surface area contributed by atoms with Crippen LogP contribution in [0.3, 0.4) is 0 Å². The van der Waals surface area contributed by atoms with Crippen molar-refractivity contribution in [2.75, 3.05) is 32.2 Å². The summed E-state index contributed by atoms with van der Waals surface area (Å²) >= 11 is 0. The molecule has 0 bridgehead atoms. The molecule has 0 radical (unpaired) electrons. The van der Waals surface area contributed by atoms with E-state index in [9.17, 15) is 9.36 Å². The molecule has 0 unspecified atom stereocenters. The maximum Gasteiger partial charge on any atom is 0.231 e. The summed E-state index contributed by atoms with van der Waals surface area (Å²) < 4.78 is 25.5. The van der Waals surface area contributed by atoms with Crippen molar-refractivity contribution in [3.8, 4) is 11.5 Å². The van der Waals surface area contributed by atoms with Gasteiger partial charge in [0.1, 0.15) is 7.29 Å². The molecule has 0 aromatic heterocycles. The summed E-state index contributed by atoms with van der Waals surface area (Å²) in [6.07, 6.45) is 1.92. The van der Waals surface area contributed by atoms with Crippen LogP contribution in [0.1, 0.15) is 29.8 Å². The van der Waals surface area contributed by atoms with Gasteiger partial charge in [-0.25, -0.2) is 4.67 Å². The van der Waals surface area contributed by atoms with Crippen molar-refractivity contribution in [1.29, 1.82) is 0 Å². The second kappa shape index (κ2) is 5.47. The molecule has 0 N–H and O–H groups in total. The summed E-state index contributed by atoms with van der Waals surface area (Å²) in [6.45, 7) is 4.95. The number of ketones is 1. The zero-order chi connectivity index (χ0) is 15.0. The van der Waals surface area contributed by atoms with E-state index in [2.05, 4.69) is 0 Å². The van der Waals surface area contributed by atoms with E-state index >= 15 is 0 Å². The Kier molecular flexibility index (Phi) is 3.80. The molecular weight excluding hydrogens is 289 g/mol. The lowest BCUT2D eigenvalue weighted by Crippen LogP contribution is -2.28. The van der Waals surface area contributed by atoms with Crippen LogP contribution in [0.15, 0.2) is 12.1 Å². The maximum atomic E-state index is 12.9. The second-order valence-electron chi connectivity index (χ2n) is 5.40. The molecule has 0 amide bonds. The van der Waals surface area contributed by atoms with Gasteiger partial charge < -0.3 is 14.0 Å². The molecule has 0 saturated heterocycles. The number of benzene rings is 1. The van der Waals surface area contributed by atoms with E-state index in [0.717, 1.165) is 5.56 Å². The quantitative estimate of drug-likeness (QED) is 0.804. The molecule has 1 aromatic carbocycles. The third-order valence-corrected chi connectivity index (χ3v) is 7.72. The Labute approximate surface area is 124 Å². The molecule has 5 nitrogen and oxygen atoms in total. The fourth-order valence-corrected chi connectivity index (χ4v) is 5.06. The maximum absolute atomic E-state index is 12.9. The van der Waals surface area contributed by atoms with Gasteiger partial charge in [-0.2, -0.15) is 0 Å². The molecule has 114 valence electrons. The number of rotatable bonds is 3. The molecule has 1 aromatic rings. The van der Waals surface area contributed by atoms with Gasteiger partial charge in [0.25, 0.3) is 0 Å². The zero-order valence-corrected chi connectivity index (χ0v) is 13.3. The summed E-state index contributed by atoms with van der Waals surface area (Å²) in [5, 5.41) is 0. The van der Waals surface area contributed by atoms with E-state index < -0.39 is 7.29 Å². The van der Waals surface area contributed by atoms with Gasteiger partial charge >= 0.3 is 0 Å². The van der Waals surface area contributed by atoms with Crippen molar-refractivity contribution in [3.63, 3.8) is 0 Å². The molecule has 0 spiro atoms. The highest BCUT2D eigenvalue weighted by Gasteiger charge is 2.32. The number of carbonyl (C=O) groups is 1. The van der Waals surface area contributed by atoms with E-state index in [1.165, 1.54) is 0 Å². The Balaban J connectivity index is 1.93. The summed E-state index contributed by atoms with van der Waals surface area (Å²) in [7, 11) is -2.42. The summed E-state index contributed by atoms with van der Waals surface area (Å²) in [6, 6.07) is 3.66. The summed E-state index contributed by atoms with van der Waals surface area (Å²) in [5.41, 5.74) is 1.64. The van der Waals surface area contributed by atoms with E-state index in [0.29, 0.717) is 42.4 Å². The van der Waals surface area contributed by atoms with Crippen molar-refractivity contribution in [1.82, 2.24) is 4.67 Å². The van der Waals surface area contributed by atoms with Crippen LogP contribution in [0.4, 0.5) is 0 Å². The van der Waals surface area contributed by atoms with Crippen LogP contribution in [0.25, 0.3) is 0 Å². The van der Waals surface area contributed by atoms with Gasteiger partial charge in [-0.1, -0.05) is 13.8 Å². The third-order valence-electron chi connectivity index (χ3n) is 4.37. The Morgan fingerprint density at radius 2 is 1.86 bits per heavy atom. The monoisotopic (exact) mass is 309 g/mol. The molecule has 2 aliphatic rings. The SMILES string of the molecule is CCP(=O)(CC)N1CCc2cc3c(cc2C(=O)C1)OCO3. The first kappa shape index (κ1) is 14.6. The van der Waals surface area contributed by atoms with Crippen molar-refractivity contribution < 1.29 is 18.8 Å². The van der Waals surface area contributed by atoms with Crippen LogP contribution in [0.5, 0.6) is 11.5 Å². The number of Topliss-reactive ketones (excluding diaryl/α,β-unsaturated/α-hetero) is 1. The van der Waals surface area contributed by atoms with Crippen LogP contribution in [0.2, 0.25) is 0 Å². The largest absolute Gasteiger partial charge is 0.454 e. The van der Waals surface area contributed by atoms with Crippen LogP contribution in [-0.2, 0) is 11.0 Å². The second-order valence-corrected chi connectivity index (χ2v) is 8.93. The van der Waals surface area contributed by atoms with Crippen LogP contribution >= 0.6 is 7.29 Å². The Morgan fingerprint density at radius 1 is 1.19 bits per heavy atom. The lowest BCUT2D eigenvalue weighted by atomic mass is 10.0. The number of nitrogens with zero attached hydrogens (tertiary/aromatic N) is 1. The van der Waals surface area contributed by atoms with Crippen LogP contribution in [-0.4, -0.2) is 42.7 Å². The zero-order valence-electron chi connectivity index (χ0n) is 12.4. The molecule has 2 aliphatic heterocycles. The average Bonchev–Trinajstić information content (AvgIpc) is 2.89. The predicted molar refractivity (Wildman–Crippen MR) is 80.9 cm³/mol. The minimum absolute atomic E-state index is 0.0166. The van der Waals surface area contributed by atoms with E-state index in [1.807, 2.05) is 24.6 Å². The van der Waals surface area contributed by atoms with Gasteiger partial charge in [-0.15, -0.1) is 0 Å². The minimum atomic E-state index is -2.42. The standard InChI is InChI=1S/C15H20NO4P/c1-3-21(18,4-2)16-6-5-11-7-14-15(20-10-19-14)8-12(11)13(17)9-16/h7-8H,3-6,9-10H2,1-2H3. The molecule has 3 rings (SSSR count). The topological polar surface area (TPSA) is 55.8 Å². The molecular formula is C15H20NO4P. The normalized spacial score (nSPS) is 18.5. The first-order valence-corrected chi connectivity index (χ1v) is 9.39. The highest BCUT2D eigenvalue weighted by molar-refractivity contribution is 7.61. The van der Waals surface area contributed by atoms with Gasteiger partial charge in [0.05, 0.1) is 6.54 Å². The number of fused-ring (bicyclic) bond motifs is 2. The Bertz CT molecular complexity index is 620. The van der Waals surface area contributed by atoms with Gasteiger partial charge in [-0.3, -0.25) is 4.79 Å². The molecule has 0 atom stereocenters.